The van der Waals surface area contributed by atoms with Crippen LogP contribution in [-0.4, -0.2) is 40.9 Å². The number of amides is 1. The molecule has 0 fully saturated rings. The summed E-state index contributed by atoms with van der Waals surface area (Å²) >= 11 is 0. The normalized spacial score (nSPS) is 11.4. The number of sulfonamides is 1. The molecule has 0 saturated carbocycles. The van der Waals surface area contributed by atoms with E-state index in [-0.39, 0.29) is 23.4 Å². The molecule has 0 aliphatic rings. The van der Waals surface area contributed by atoms with E-state index in [1.165, 1.54) is 25.3 Å². The second-order valence-corrected chi connectivity index (χ2v) is 8.44. The van der Waals surface area contributed by atoms with Crippen LogP contribution in [0, 0.1) is 0 Å². The molecule has 2 N–H and O–H groups in total. The first-order valence-corrected chi connectivity index (χ1v) is 11.0. The van der Waals surface area contributed by atoms with Gasteiger partial charge in [-0.1, -0.05) is 6.07 Å². The van der Waals surface area contributed by atoms with Crippen molar-refractivity contribution >= 4 is 33.4 Å². The minimum atomic E-state index is -3.45. The fraction of sp³-hybridized carbons (Fsp3) is 0.286. The van der Waals surface area contributed by atoms with Crippen LogP contribution in [0.3, 0.4) is 0 Å². The number of carbonyl (C=O) groups is 1. The Morgan fingerprint density at radius 2 is 1.70 bits per heavy atom. The number of anilines is 2. The molecule has 0 radical (unpaired) electrons. The highest BCUT2D eigenvalue weighted by Crippen LogP contribution is 2.30. The van der Waals surface area contributed by atoms with Gasteiger partial charge < -0.3 is 19.5 Å². The summed E-state index contributed by atoms with van der Waals surface area (Å²) in [6, 6.07) is 9.99. The van der Waals surface area contributed by atoms with E-state index >= 15 is 0 Å². The van der Waals surface area contributed by atoms with Gasteiger partial charge in [0.2, 0.25) is 15.9 Å². The molecule has 2 aromatic carbocycles. The van der Waals surface area contributed by atoms with Crippen molar-refractivity contribution in [1.29, 1.82) is 0 Å². The predicted molar refractivity (Wildman–Crippen MR) is 118 cm³/mol. The van der Waals surface area contributed by atoms with Crippen LogP contribution < -0.4 is 24.2 Å². The Bertz CT molecular complexity index is 1030. The highest BCUT2D eigenvalue weighted by molar-refractivity contribution is 7.92. The molecule has 2 aromatic rings. The van der Waals surface area contributed by atoms with E-state index in [0.29, 0.717) is 17.2 Å². The fourth-order valence-corrected chi connectivity index (χ4v) is 3.12. The van der Waals surface area contributed by atoms with Crippen LogP contribution in [0.4, 0.5) is 11.4 Å². The van der Waals surface area contributed by atoms with Crippen molar-refractivity contribution in [2.24, 2.45) is 0 Å². The van der Waals surface area contributed by atoms with Crippen molar-refractivity contribution in [3.8, 4) is 17.2 Å². The summed E-state index contributed by atoms with van der Waals surface area (Å²) in [6.07, 6.45) is 4.09. The maximum Gasteiger partial charge on any atom is 0.248 e. The Morgan fingerprint density at radius 1 is 1.00 bits per heavy atom. The van der Waals surface area contributed by atoms with Crippen LogP contribution in [0.5, 0.6) is 17.2 Å². The highest BCUT2D eigenvalue weighted by atomic mass is 32.2. The zero-order valence-electron chi connectivity index (χ0n) is 17.6. The summed E-state index contributed by atoms with van der Waals surface area (Å²) in [5.41, 5.74) is 1.51. The number of rotatable bonds is 9. The maximum atomic E-state index is 12.3. The van der Waals surface area contributed by atoms with Crippen molar-refractivity contribution in [2.75, 3.05) is 30.5 Å². The lowest BCUT2D eigenvalue weighted by Crippen LogP contribution is -2.11. The third kappa shape index (κ3) is 7.00. The number of carbonyl (C=O) groups excluding carboxylic acids is 1. The zero-order valence-corrected chi connectivity index (χ0v) is 18.4. The van der Waals surface area contributed by atoms with Crippen LogP contribution in [0.2, 0.25) is 0 Å². The van der Waals surface area contributed by atoms with Gasteiger partial charge in [-0.3, -0.25) is 9.52 Å². The van der Waals surface area contributed by atoms with E-state index in [1.54, 1.807) is 31.4 Å². The summed E-state index contributed by atoms with van der Waals surface area (Å²) in [6.45, 7) is 3.85. The molecule has 0 aliphatic carbocycles. The van der Waals surface area contributed by atoms with Crippen LogP contribution in [0.15, 0.2) is 42.5 Å². The van der Waals surface area contributed by atoms with Gasteiger partial charge in [-0.25, -0.2) is 8.42 Å². The molecule has 0 aliphatic heterocycles. The lowest BCUT2D eigenvalue weighted by Gasteiger charge is -2.13. The number of methoxy groups -OCH3 is 2. The molecule has 0 heterocycles. The molecular formula is C21H26N2O6S. The smallest absolute Gasteiger partial charge is 0.248 e. The van der Waals surface area contributed by atoms with Crippen LogP contribution in [0.25, 0.3) is 6.08 Å². The van der Waals surface area contributed by atoms with Crippen molar-refractivity contribution < 1.29 is 27.4 Å². The first-order chi connectivity index (χ1) is 14.1. The largest absolute Gasteiger partial charge is 0.494 e. The predicted octanol–water partition coefficient (Wildman–Crippen LogP) is 3.51. The third-order valence-electron chi connectivity index (χ3n) is 3.74. The van der Waals surface area contributed by atoms with Gasteiger partial charge in [-0.2, -0.15) is 0 Å². The molecule has 0 saturated heterocycles. The standard InChI is InChI=1S/C21H26N2O6S/c1-14(2)29-18-10-6-15(12-20(18)28-4)7-11-21(24)22-16-8-9-17(19(13-16)27-3)23-30(5,25)26/h6-14,23H,1-5H3,(H,22,24)/b11-7+. The monoisotopic (exact) mass is 434 g/mol. The summed E-state index contributed by atoms with van der Waals surface area (Å²) < 4.78 is 41.4. The van der Waals surface area contributed by atoms with Gasteiger partial charge in [-0.15, -0.1) is 0 Å². The lowest BCUT2D eigenvalue weighted by atomic mass is 10.2. The Labute approximate surface area is 176 Å². The topological polar surface area (TPSA) is 103 Å². The van der Waals surface area contributed by atoms with Gasteiger partial charge in [0.25, 0.3) is 0 Å². The van der Waals surface area contributed by atoms with Gasteiger partial charge in [0.15, 0.2) is 11.5 Å². The van der Waals surface area contributed by atoms with Crippen LogP contribution in [0.1, 0.15) is 19.4 Å². The van der Waals surface area contributed by atoms with Gasteiger partial charge >= 0.3 is 0 Å². The van der Waals surface area contributed by atoms with Gasteiger partial charge in [0.1, 0.15) is 5.75 Å². The molecule has 0 aromatic heterocycles. The first-order valence-electron chi connectivity index (χ1n) is 9.11. The van der Waals surface area contributed by atoms with Crippen LogP contribution >= 0.6 is 0 Å². The van der Waals surface area contributed by atoms with E-state index in [2.05, 4.69) is 10.0 Å². The number of ether oxygens (including phenoxy) is 3. The Kier molecular flexibility index (Phi) is 7.71. The van der Waals surface area contributed by atoms with E-state index in [1.807, 2.05) is 19.9 Å². The molecule has 0 unspecified atom stereocenters. The number of hydrogen-bond acceptors (Lipinski definition) is 6. The van der Waals surface area contributed by atoms with Crippen molar-refractivity contribution in [1.82, 2.24) is 0 Å². The molecular weight excluding hydrogens is 408 g/mol. The molecule has 0 bridgehead atoms. The van der Waals surface area contributed by atoms with Crippen molar-refractivity contribution in [3.63, 3.8) is 0 Å². The summed E-state index contributed by atoms with van der Waals surface area (Å²) in [7, 11) is -0.483. The number of nitrogens with one attached hydrogen (secondary N) is 2. The molecule has 1 amide bonds. The maximum absolute atomic E-state index is 12.3. The van der Waals surface area contributed by atoms with Gasteiger partial charge in [0, 0.05) is 17.8 Å². The van der Waals surface area contributed by atoms with Crippen molar-refractivity contribution in [2.45, 2.75) is 20.0 Å². The second-order valence-electron chi connectivity index (χ2n) is 6.69. The van der Waals surface area contributed by atoms with E-state index in [9.17, 15) is 13.2 Å². The van der Waals surface area contributed by atoms with E-state index < -0.39 is 10.0 Å². The molecule has 0 spiro atoms. The molecule has 30 heavy (non-hydrogen) atoms. The quantitative estimate of drug-likeness (QED) is 0.586. The lowest BCUT2D eigenvalue weighted by molar-refractivity contribution is -0.111. The molecule has 0 atom stereocenters. The molecule has 8 nitrogen and oxygen atoms in total. The zero-order chi connectivity index (χ0) is 22.3. The number of hydrogen-bond donors (Lipinski definition) is 2. The first kappa shape index (κ1) is 23.1. The van der Waals surface area contributed by atoms with Gasteiger partial charge in [0.05, 0.1) is 32.3 Å². The Morgan fingerprint density at radius 3 is 2.30 bits per heavy atom. The third-order valence-corrected chi connectivity index (χ3v) is 4.33. The van der Waals surface area contributed by atoms with Gasteiger partial charge in [-0.05, 0) is 49.8 Å². The molecule has 162 valence electrons. The Balaban J connectivity index is 2.10. The highest BCUT2D eigenvalue weighted by Gasteiger charge is 2.10. The minimum Gasteiger partial charge on any atom is -0.494 e. The van der Waals surface area contributed by atoms with E-state index in [0.717, 1.165) is 11.8 Å². The average Bonchev–Trinajstić information content (AvgIpc) is 2.66. The Hall–Kier alpha value is -3.20. The van der Waals surface area contributed by atoms with Crippen molar-refractivity contribution in [3.05, 3.63) is 48.0 Å². The SMILES string of the molecule is COc1cc(NC(=O)/C=C/c2ccc(OC(C)C)c(OC)c2)ccc1NS(C)(=O)=O. The molecule has 2 rings (SSSR count). The number of benzene rings is 2. The second kappa shape index (κ2) is 10.0. The fourth-order valence-electron chi connectivity index (χ4n) is 2.55. The minimum absolute atomic E-state index is 0.0158. The summed E-state index contributed by atoms with van der Waals surface area (Å²) in [5, 5.41) is 2.70. The molecule has 9 heteroatoms. The average molecular weight is 435 g/mol. The summed E-state index contributed by atoms with van der Waals surface area (Å²) in [4.78, 5) is 12.3. The summed E-state index contributed by atoms with van der Waals surface area (Å²) in [5.74, 6) is 1.13. The van der Waals surface area contributed by atoms with Crippen LogP contribution in [-0.2, 0) is 14.8 Å². The van der Waals surface area contributed by atoms with E-state index in [4.69, 9.17) is 14.2 Å².